The number of piperidine rings is 1. The standard InChI is InChI=1S/C15H22N2O.ClH/c18-15-4-3-13-5-7-17(11-14(13)8-15)10-12-2-1-6-16-9-12;/h3-4,8,12,16,18H,1-2,5-7,9-11H2;1H. The summed E-state index contributed by atoms with van der Waals surface area (Å²) in [7, 11) is 0. The number of rotatable bonds is 2. The van der Waals surface area contributed by atoms with Crippen LogP contribution in [-0.2, 0) is 13.0 Å². The van der Waals surface area contributed by atoms with Crippen molar-refractivity contribution in [2.24, 2.45) is 5.92 Å². The van der Waals surface area contributed by atoms with E-state index in [-0.39, 0.29) is 12.4 Å². The number of phenolic OH excluding ortho intramolecular Hbond substituents is 1. The van der Waals surface area contributed by atoms with Gasteiger partial charge in [0, 0.05) is 19.6 Å². The summed E-state index contributed by atoms with van der Waals surface area (Å²) >= 11 is 0. The van der Waals surface area contributed by atoms with Crippen molar-refractivity contribution in [3.05, 3.63) is 29.3 Å². The first-order valence-corrected chi connectivity index (χ1v) is 7.05. The number of nitrogens with zero attached hydrogens (tertiary/aromatic N) is 1. The lowest BCUT2D eigenvalue weighted by molar-refractivity contribution is 0.193. The first-order valence-electron chi connectivity index (χ1n) is 7.05. The summed E-state index contributed by atoms with van der Waals surface area (Å²) in [6.45, 7) is 5.72. The maximum Gasteiger partial charge on any atom is 0.115 e. The normalized spacial score (nSPS) is 23.5. The highest BCUT2D eigenvalue weighted by Crippen LogP contribution is 2.24. The number of fused-ring (bicyclic) bond motifs is 1. The molecule has 1 unspecified atom stereocenters. The van der Waals surface area contributed by atoms with Crippen molar-refractivity contribution in [1.82, 2.24) is 10.2 Å². The predicted octanol–water partition coefficient (Wildman–Crippen LogP) is 2.17. The molecule has 2 heterocycles. The molecule has 2 N–H and O–H groups in total. The largest absolute Gasteiger partial charge is 0.508 e. The summed E-state index contributed by atoms with van der Waals surface area (Å²) in [6, 6.07) is 5.81. The zero-order chi connectivity index (χ0) is 12.4. The Kier molecular flexibility index (Phi) is 5.08. The van der Waals surface area contributed by atoms with Crippen molar-refractivity contribution in [1.29, 1.82) is 0 Å². The Morgan fingerprint density at radius 3 is 3.00 bits per heavy atom. The molecule has 0 radical (unpaired) electrons. The smallest absolute Gasteiger partial charge is 0.115 e. The van der Waals surface area contributed by atoms with Crippen molar-refractivity contribution >= 4 is 12.4 Å². The van der Waals surface area contributed by atoms with Gasteiger partial charge in [0.25, 0.3) is 0 Å². The fraction of sp³-hybridized carbons (Fsp3) is 0.600. The lowest BCUT2D eigenvalue weighted by Gasteiger charge is -2.33. The van der Waals surface area contributed by atoms with Crippen LogP contribution in [0.4, 0.5) is 0 Å². The Morgan fingerprint density at radius 2 is 2.21 bits per heavy atom. The molecule has 19 heavy (non-hydrogen) atoms. The summed E-state index contributed by atoms with van der Waals surface area (Å²) in [5.41, 5.74) is 2.72. The first kappa shape index (κ1) is 14.6. The van der Waals surface area contributed by atoms with Gasteiger partial charge in [-0.15, -0.1) is 12.4 Å². The van der Waals surface area contributed by atoms with E-state index < -0.39 is 0 Å². The van der Waals surface area contributed by atoms with Crippen LogP contribution < -0.4 is 5.32 Å². The number of phenols is 1. The van der Waals surface area contributed by atoms with E-state index in [1.165, 1.54) is 43.6 Å². The van der Waals surface area contributed by atoms with E-state index in [9.17, 15) is 5.11 Å². The first-order chi connectivity index (χ1) is 8.81. The Hall–Kier alpha value is -0.770. The predicted molar refractivity (Wildman–Crippen MR) is 79.9 cm³/mol. The third-order valence-corrected chi connectivity index (χ3v) is 4.20. The van der Waals surface area contributed by atoms with Crippen molar-refractivity contribution in [3.8, 4) is 5.75 Å². The van der Waals surface area contributed by atoms with Crippen LogP contribution in [0.5, 0.6) is 5.75 Å². The molecule has 1 fully saturated rings. The highest BCUT2D eigenvalue weighted by Gasteiger charge is 2.21. The van der Waals surface area contributed by atoms with E-state index in [2.05, 4.69) is 16.3 Å². The minimum atomic E-state index is 0. The van der Waals surface area contributed by atoms with Crippen LogP contribution in [0.15, 0.2) is 18.2 Å². The van der Waals surface area contributed by atoms with Crippen molar-refractivity contribution in [2.75, 3.05) is 26.2 Å². The van der Waals surface area contributed by atoms with Crippen LogP contribution in [0.2, 0.25) is 0 Å². The molecule has 0 aromatic heterocycles. The molecular formula is C15H23ClN2O. The number of nitrogens with one attached hydrogen (secondary N) is 1. The third-order valence-electron chi connectivity index (χ3n) is 4.20. The van der Waals surface area contributed by atoms with Crippen LogP contribution in [0, 0.1) is 5.92 Å². The Bertz CT molecular complexity index is 419. The van der Waals surface area contributed by atoms with Gasteiger partial charge in [-0.05, 0) is 61.5 Å². The fourth-order valence-corrected chi connectivity index (χ4v) is 3.20. The van der Waals surface area contributed by atoms with Gasteiger partial charge in [0.2, 0.25) is 0 Å². The van der Waals surface area contributed by atoms with Crippen LogP contribution in [0.3, 0.4) is 0 Å². The number of hydrogen-bond acceptors (Lipinski definition) is 3. The topological polar surface area (TPSA) is 35.5 Å². The van der Waals surface area contributed by atoms with E-state index in [0.717, 1.165) is 25.4 Å². The lowest BCUT2D eigenvalue weighted by atomic mass is 9.95. The molecule has 1 atom stereocenters. The maximum absolute atomic E-state index is 9.57. The molecular weight excluding hydrogens is 260 g/mol. The molecule has 1 saturated heterocycles. The summed E-state index contributed by atoms with van der Waals surface area (Å²) < 4.78 is 0. The van der Waals surface area contributed by atoms with Gasteiger partial charge in [0.1, 0.15) is 5.75 Å². The molecule has 0 saturated carbocycles. The summed E-state index contributed by atoms with van der Waals surface area (Å²) in [6.07, 6.45) is 3.79. The zero-order valence-electron chi connectivity index (χ0n) is 11.3. The number of halogens is 1. The molecule has 3 nitrogen and oxygen atoms in total. The lowest BCUT2D eigenvalue weighted by Crippen LogP contribution is -2.40. The number of hydrogen-bond donors (Lipinski definition) is 2. The van der Waals surface area contributed by atoms with Gasteiger partial charge in [0.05, 0.1) is 0 Å². The van der Waals surface area contributed by atoms with Gasteiger partial charge in [0.15, 0.2) is 0 Å². The van der Waals surface area contributed by atoms with Gasteiger partial charge in [-0.1, -0.05) is 6.07 Å². The molecule has 1 aromatic carbocycles. The van der Waals surface area contributed by atoms with Crippen molar-refractivity contribution < 1.29 is 5.11 Å². The molecule has 3 rings (SSSR count). The molecule has 0 aliphatic carbocycles. The van der Waals surface area contributed by atoms with Gasteiger partial charge < -0.3 is 10.4 Å². The monoisotopic (exact) mass is 282 g/mol. The van der Waals surface area contributed by atoms with Crippen LogP contribution in [0.25, 0.3) is 0 Å². The Morgan fingerprint density at radius 1 is 1.32 bits per heavy atom. The van der Waals surface area contributed by atoms with Crippen LogP contribution in [0.1, 0.15) is 24.0 Å². The van der Waals surface area contributed by atoms with Gasteiger partial charge >= 0.3 is 0 Å². The summed E-state index contributed by atoms with van der Waals surface area (Å²) in [5.74, 6) is 1.20. The van der Waals surface area contributed by atoms with E-state index in [1.807, 2.05) is 6.07 Å². The fourth-order valence-electron chi connectivity index (χ4n) is 3.20. The third kappa shape index (κ3) is 3.62. The second-order valence-electron chi connectivity index (χ2n) is 5.65. The van der Waals surface area contributed by atoms with E-state index >= 15 is 0 Å². The highest BCUT2D eigenvalue weighted by molar-refractivity contribution is 5.85. The van der Waals surface area contributed by atoms with Crippen molar-refractivity contribution in [2.45, 2.75) is 25.8 Å². The second kappa shape index (κ2) is 6.60. The molecule has 0 spiro atoms. The average Bonchev–Trinajstić information content (AvgIpc) is 2.39. The minimum absolute atomic E-state index is 0. The molecule has 106 valence electrons. The van der Waals surface area contributed by atoms with Gasteiger partial charge in [-0.2, -0.15) is 0 Å². The van der Waals surface area contributed by atoms with Crippen LogP contribution >= 0.6 is 12.4 Å². The van der Waals surface area contributed by atoms with Crippen molar-refractivity contribution in [3.63, 3.8) is 0 Å². The van der Waals surface area contributed by atoms with E-state index in [1.54, 1.807) is 6.07 Å². The highest BCUT2D eigenvalue weighted by atomic mass is 35.5. The average molecular weight is 283 g/mol. The molecule has 0 amide bonds. The maximum atomic E-state index is 9.57. The quantitative estimate of drug-likeness (QED) is 0.873. The van der Waals surface area contributed by atoms with Gasteiger partial charge in [-0.3, -0.25) is 4.90 Å². The van der Waals surface area contributed by atoms with Gasteiger partial charge in [-0.25, -0.2) is 0 Å². The van der Waals surface area contributed by atoms with E-state index in [0.29, 0.717) is 5.75 Å². The Labute approximate surface area is 121 Å². The minimum Gasteiger partial charge on any atom is -0.508 e. The molecule has 2 aliphatic heterocycles. The molecule has 2 aliphatic rings. The number of aromatic hydroxyl groups is 1. The summed E-state index contributed by atoms with van der Waals surface area (Å²) in [5, 5.41) is 13.1. The molecule has 4 heteroatoms. The summed E-state index contributed by atoms with van der Waals surface area (Å²) in [4.78, 5) is 2.54. The zero-order valence-corrected chi connectivity index (χ0v) is 12.1. The van der Waals surface area contributed by atoms with E-state index in [4.69, 9.17) is 0 Å². The second-order valence-corrected chi connectivity index (χ2v) is 5.65. The molecule has 1 aromatic rings. The molecule has 0 bridgehead atoms. The Balaban J connectivity index is 0.00000133. The van der Waals surface area contributed by atoms with Crippen LogP contribution in [-0.4, -0.2) is 36.2 Å². The number of benzene rings is 1. The SMILES string of the molecule is Cl.Oc1ccc2c(c1)CN(CC1CCCNC1)CC2.